The van der Waals surface area contributed by atoms with Gasteiger partial charge < -0.3 is 4.84 Å². The van der Waals surface area contributed by atoms with Crippen molar-refractivity contribution in [2.75, 3.05) is 13.1 Å². The predicted octanol–water partition coefficient (Wildman–Crippen LogP) is 3.83. The third-order valence-electron chi connectivity index (χ3n) is 6.67. The van der Waals surface area contributed by atoms with Gasteiger partial charge in [-0.3, -0.25) is 14.5 Å². The molecule has 1 fully saturated rings. The minimum absolute atomic E-state index is 0.248. The second-order valence-electron chi connectivity index (χ2n) is 8.85. The molecule has 2 aliphatic rings. The van der Waals surface area contributed by atoms with Gasteiger partial charge in [-0.1, -0.05) is 84.8 Å². The van der Waals surface area contributed by atoms with Gasteiger partial charge in [-0.25, -0.2) is 4.79 Å². The summed E-state index contributed by atoms with van der Waals surface area (Å²) in [7, 11) is 0. The van der Waals surface area contributed by atoms with Gasteiger partial charge in [-0.2, -0.15) is 0 Å². The third kappa shape index (κ3) is 3.72. The molecule has 0 aliphatic carbocycles. The van der Waals surface area contributed by atoms with Crippen LogP contribution in [0.2, 0.25) is 0 Å². The number of amides is 2. The highest BCUT2D eigenvalue weighted by Gasteiger charge is 2.50. The van der Waals surface area contributed by atoms with E-state index in [0.717, 1.165) is 11.1 Å². The average Bonchev–Trinajstić information content (AvgIpc) is 3.30. The van der Waals surface area contributed by atoms with Gasteiger partial charge in [0.2, 0.25) is 0 Å². The van der Waals surface area contributed by atoms with Crippen LogP contribution in [0.25, 0.3) is 0 Å². The van der Waals surface area contributed by atoms with Gasteiger partial charge in [-0.05, 0) is 23.3 Å². The van der Waals surface area contributed by atoms with Crippen LogP contribution in [0, 0.1) is 5.92 Å². The number of nitrogens with zero attached hydrogens (tertiary/aromatic N) is 2. The molecule has 6 heteroatoms. The first-order valence-corrected chi connectivity index (χ1v) is 11.0. The summed E-state index contributed by atoms with van der Waals surface area (Å²) in [6.45, 7) is 3.85. The van der Waals surface area contributed by atoms with Crippen molar-refractivity contribution in [3.63, 3.8) is 0 Å². The molecule has 0 unspecified atom stereocenters. The van der Waals surface area contributed by atoms with E-state index in [2.05, 4.69) is 17.0 Å². The quantitative estimate of drug-likeness (QED) is 0.564. The van der Waals surface area contributed by atoms with Crippen molar-refractivity contribution >= 4 is 17.8 Å². The van der Waals surface area contributed by atoms with Crippen LogP contribution in [0.4, 0.5) is 0 Å². The maximum Gasteiger partial charge on any atom is 0.338 e. The van der Waals surface area contributed by atoms with Crippen LogP contribution in [0.3, 0.4) is 0 Å². The van der Waals surface area contributed by atoms with E-state index in [1.54, 1.807) is 24.3 Å². The zero-order valence-electron chi connectivity index (χ0n) is 18.3. The standard InChI is InChI=1S/C27H24N2O4/c1-27(20-12-6-3-7-13-20)18-28(16-19-10-4-2-5-11-19)17-23(27)26(32)33-29-24(30)21-14-8-9-15-22(21)25(29)31/h2-15,23H,16-18H2,1H3/t23-,27-/m0/s1. The molecule has 2 amide bonds. The molecule has 0 aromatic heterocycles. The van der Waals surface area contributed by atoms with E-state index in [4.69, 9.17) is 4.84 Å². The molecule has 1 saturated heterocycles. The fourth-order valence-electron chi connectivity index (χ4n) is 4.91. The van der Waals surface area contributed by atoms with E-state index in [0.29, 0.717) is 24.7 Å². The molecule has 0 N–H and O–H groups in total. The number of imide groups is 1. The van der Waals surface area contributed by atoms with Gasteiger partial charge in [0.15, 0.2) is 0 Å². The highest BCUT2D eigenvalue weighted by Crippen LogP contribution is 2.40. The lowest BCUT2D eigenvalue weighted by molar-refractivity contribution is -0.175. The van der Waals surface area contributed by atoms with Crippen LogP contribution >= 0.6 is 0 Å². The lowest BCUT2D eigenvalue weighted by Crippen LogP contribution is -2.42. The van der Waals surface area contributed by atoms with E-state index in [1.807, 2.05) is 55.5 Å². The summed E-state index contributed by atoms with van der Waals surface area (Å²) in [6, 6.07) is 26.4. The molecule has 3 aromatic rings. The molecule has 2 heterocycles. The first-order valence-electron chi connectivity index (χ1n) is 11.0. The van der Waals surface area contributed by atoms with E-state index >= 15 is 0 Å². The number of likely N-dealkylation sites (tertiary alicyclic amines) is 1. The third-order valence-corrected chi connectivity index (χ3v) is 6.67. The minimum Gasteiger partial charge on any atom is -0.329 e. The average molecular weight is 440 g/mol. The first-order chi connectivity index (χ1) is 16.0. The monoisotopic (exact) mass is 440 g/mol. The SMILES string of the molecule is C[C@@]1(c2ccccc2)CN(Cc2ccccc2)C[C@H]1C(=O)ON1C(=O)c2ccccc2C1=O. The number of hydroxylamine groups is 2. The Bertz CT molecular complexity index is 1180. The number of carbonyl (C=O) groups is 3. The molecular formula is C27H24N2O4. The van der Waals surface area contributed by atoms with Gasteiger partial charge in [0.1, 0.15) is 0 Å². The van der Waals surface area contributed by atoms with Crippen molar-refractivity contribution in [1.29, 1.82) is 0 Å². The second-order valence-corrected chi connectivity index (χ2v) is 8.85. The molecule has 166 valence electrons. The highest BCUT2D eigenvalue weighted by atomic mass is 16.7. The normalized spacial score (nSPS) is 22.5. The van der Waals surface area contributed by atoms with Crippen molar-refractivity contribution in [2.24, 2.45) is 5.92 Å². The van der Waals surface area contributed by atoms with E-state index in [-0.39, 0.29) is 11.1 Å². The van der Waals surface area contributed by atoms with E-state index in [9.17, 15) is 14.4 Å². The summed E-state index contributed by atoms with van der Waals surface area (Å²) in [5.41, 5.74) is 2.13. The lowest BCUT2D eigenvalue weighted by atomic mass is 9.74. The summed E-state index contributed by atoms with van der Waals surface area (Å²) in [4.78, 5) is 46.6. The van der Waals surface area contributed by atoms with Crippen LogP contribution in [0.1, 0.15) is 38.8 Å². The summed E-state index contributed by atoms with van der Waals surface area (Å²) in [5, 5.41) is 0.609. The van der Waals surface area contributed by atoms with Gasteiger partial charge in [0.05, 0.1) is 17.0 Å². The zero-order chi connectivity index (χ0) is 23.0. The van der Waals surface area contributed by atoms with Crippen LogP contribution < -0.4 is 0 Å². The summed E-state index contributed by atoms with van der Waals surface area (Å²) in [5.74, 6) is -2.34. The fraction of sp³-hybridized carbons (Fsp3) is 0.222. The summed E-state index contributed by atoms with van der Waals surface area (Å²) in [6.07, 6.45) is 0. The number of fused-ring (bicyclic) bond motifs is 1. The maximum atomic E-state index is 13.4. The van der Waals surface area contributed by atoms with E-state index < -0.39 is 29.1 Å². The number of benzene rings is 3. The smallest absolute Gasteiger partial charge is 0.329 e. The molecular weight excluding hydrogens is 416 g/mol. The van der Waals surface area contributed by atoms with Gasteiger partial charge in [0.25, 0.3) is 11.8 Å². The molecule has 2 atom stereocenters. The number of carbonyl (C=O) groups excluding carboxylic acids is 3. The van der Waals surface area contributed by atoms with Crippen LogP contribution in [-0.4, -0.2) is 40.8 Å². The Morgan fingerprint density at radius 1 is 0.879 bits per heavy atom. The molecule has 5 rings (SSSR count). The van der Waals surface area contributed by atoms with Crippen LogP contribution in [-0.2, 0) is 21.6 Å². The van der Waals surface area contributed by atoms with Gasteiger partial charge in [0, 0.05) is 25.0 Å². The molecule has 2 aliphatic heterocycles. The highest BCUT2D eigenvalue weighted by molar-refractivity contribution is 6.20. The molecule has 3 aromatic carbocycles. The Balaban J connectivity index is 1.41. The Morgan fingerprint density at radius 2 is 1.42 bits per heavy atom. The zero-order valence-corrected chi connectivity index (χ0v) is 18.3. The van der Waals surface area contributed by atoms with Crippen molar-refractivity contribution < 1.29 is 19.2 Å². The number of rotatable bonds is 5. The number of hydrogen-bond donors (Lipinski definition) is 0. The Labute approximate surface area is 192 Å². The Morgan fingerprint density at radius 3 is 2.03 bits per heavy atom. The molecule has 33 heavy (non-hydrogen) atoms. The van der Waals surface area contributed by atoms with Crippen molar-refractivity contribution in [3.05, 3.63) is 107 Å². The molecule has 0 saturated carbocycles. The maximum absolute atomic E-state index is 13.4. The number of hydrogen-bond acceptors (Lipinski definition) is 5. The molecule has 0 spiro atoms. The predicted molar refractivity (Wildman–Crippen MR) is 122 cm³/mol. The summed E-state index contributed by atoms with van der Waals surface area (Å²) < 4.78 is 0. The van der Waals surface area contributed by atoms with Gasteiger partial charge in [-0.15, -0.1) is 0 Å². The molecule has 6 nitrogen and oxygen atoms in total. The molecule has 0 bridgehead atoms. The minimum atomic E-state index is -0.607. The molecule has 0 radical (unpaired) electrons. The summed E-state index contributed by atoms with van der Waals surface area (Å²) >= 11 is 0. The van der Waals surface area contributed by atoms with Crippen molar-refractivity contribution in [3.8, 4) is 0 Å². The Hall–Kier alpha value is -3.77. The second kappa shape index (κ2) is 8.30. The Kier molecular flexibility index (Phi) is 5.30. The van der Waals surface area contributed by atoms with Crippen LogP contribution in [0.15, 0.2) is 84.9 Å². The first kappa shape index (κ1) is 21.1. The van der Waals surface area contributed by atoms with Gasteiger partial charge >= 0.3 is 5.97 Å². The topological polar surface area (TPSA) is 66.9 Å². The van der Waals surface area contributed by atoms with E-state index in [1.165, 1.54) is 0 Å². The lowest BCUT2D eigenvalue weighted by Gasteiger charge is -2.30. The van der Waals surface area contributed by atoms with Crippen LogP contribution in [0.5, 0.6) is 0 Å². The van der Waals surface area contributed by atoms with Crippen molar-refractivity contribution in [2.45, 2.75) is 18.9 Å². The van der Waals surface area contributed by atoms with Crippen molar-refractivity contribution in [1.82, 2.24) is 9.96 Å². The largest absolute Gasteiger partial charge is 0.338 e. The fourth-order valence-corrected chi connectivity index (χ4v) is 4.91.